The second-order valence-corrected chi connectivity index (χ2v) is 7.49. The van der Waals surface area contributed by atoms with Gasteiger partial charge in [0.2, 0.25) is 10.0 Å². The number of carbonyl (C=O) groups excluding carboxylic acids is 1. The van der Waals surface area contributed by atoms with Gasteiger partial charge in [-0.05, 0) is 37.9 Å². The lowest BCUT2D eigenvalue weighted by Gasteiger charge is -2.11. The molecule has 2 N–H and O–H groups in total. The third-order valence-corrected chi connectivity index (χ3v) is 5.65. The molecule has 1 aromatic heterocycles. The maximum atomic E-state index is 12.4. The number of carbonyl (C=O) groups is 1. The predicted molar refractivity (Wildman–Crippen MR) is 87.0 cm³/mol. The fourth-order valence-electron chi connectivity index (χ4n) is 2.84. The van der Waals surface area contributed by atoms with Gasteiger partial charge in [-0.25, -0.2) is 13.1 Å². The van der Waals surface area contributed by atoms with Crippen LogP contribution in [-0.2, 0) is 29.4 Å². The van der Waals surface area contributed by atoms with Crippen molar-refractivity contribution in [3.05, 3.63) is 46.8 Å². The molecule has 1 heterocycles. The van der Waals surface area contributed by atoms with E-state index in [1.807, 2.05) is 0 Å². The summed E-state index contributed by atoms with van der Waals surface area (Å²) in [6.45, 7) is 0.0948. The first-order chi connectivity index (χ1) is 11.5. The summed E-state index contributed by atoms with van der Waals surface area (Å²) in [5, 5.41) is 6.61. The van der Waals surface area contributed by atoms with Gasteiger partial charge in [0.05, 0.1) is 4.90 Å². The topological polar surface area (TPSA) is 101 Å². The SMILES string of the molecule is CNS(=O)(=O)c1ccccc1CNC(=O)c1noc2c1CCCC2. The van der Waals surface area contributed by atoms with E-state index in [-0.39, 0.29) is 17.3 Å². The standard InChI is InChI=1S/C16H19N3O4S/c1-17-24(21,22)14-9-5-2-6-11(14)10-18-16(20)15-12-7-3-4-8-13(12)23-19-15/h2,5-6,9,17H,3-4,7-8,10H2,1H3,(H,18,20). The monoisotopic (exact) mass is 349 g/mol. The molecule has 0 fully saturated rings. The van der Waals surface area contributed by atoms with Crippen LogP contribution in [0.5, 0.6) is 0 Å². The molecule has 1 aliphatic carbocycles. The van der Waals surface area contributed by atoms with Crippen molar-refractivity contribution in [3.63, 3.8) is 0 Å². The van der Waals surface area contributed by atoms with Crippen molar-refractivity contribution in [3.8, 4) is 0 Å². The number of rotatable bonds is 5. The number of nitrogens with one attached hydrogen (secondary N) is 2. The fraction of sp³-hybridized carbons (Fsp3) is 0.375. The molecule has 0 aliphatic heterocycles. The van der Waals surface area contributed by atoms with E-state index >= 15 is 0 Å². The minimum absolute atomic E-state index is 0.0948. The Hall–Kier alpha value is -2.19. The van der Waals surface area contributed by atoms with E-state index in [0.717, 1.165) is 37.0 Å². The van der Waals surface area contributed by atoms with E-state index in [2.05, 4.69) is 15.2 Å². The smallest absolute Gasteiger partial charge is 0.274 e. The van der Waals surface area contributed by atoms with Crippen molar-refractivity contribution in [1.82, 2.24) is 15.2 Å². The zero-order valence-corrected chi connectivity index (χ0v) is 14.1. The van der Waals surface area contributed by atoms with Crippen molar-refractivity contribution in [2.24, 2.45) is 0 Å². The Labute approximate surface area is 140 Å². The number of amides is 1. The summed E-state index contributed by atoms with van der Waals surface area (Å²) in [6.07, 6.45) is 3.64. The molecule has 3 rings (SSSR count). The van der Waals surface area contributed by atoms with Crippen LogP contribution in [0.15, 0.2) is 33.7 Å². The van der Waals surface area contributed by atoms with Crippen molar-refractivity contribution < 1.29 is 17.7 Å². The van der Waals surface area contributed by atoms with Crippen LogP contribution in [0, 0.1) is 0 Å². The van der Waals surface area contributed by atoms with Gasteiger partial charge in [0.1, 0.15) is 5.76 Å². The van der Waals surface area contributed by atoms with E-state index in [9.17, 15) is 13.2 Å². The van der Waals surface area contributed by atoms with Crippen molar-refractivity contribution in [1.29, 1.82) is 0 Å². The van der Waals surface area contributed by atoms with Crippen LogP contribution < -0.4 is 10.0 Å². The molecule has 0 saturated carbocycles. The Morgan fingerprint density at radius 2 is 2.00 bits per heavy atom. The van der Waals surface area contributed by atoms with Crippen molar-refractivity contribution >= 4 is 15.9 Å². The number of hydrogen-bond donors (Lipinski definition) is 2. The van der Waals surface area contributed by atoms with Gasteiger partial charge >= 0.3 is 0 Å². The average molecular weight is 349 g/mol. The molecule has 1 amide bonds. The first-order valence-electron chi connectivity index (χ1n) is 7.80. The Morgan fingerprint density at radius 1 is 1.25 bits per heavy atom. The molecule has 0 bridgehead atoms. The Kier molecular flexibility index (Phi) is 4.68. The van der Waals surface area contributed by atoms with Crippen LogP contribution in [0.25, 0.3) is 0 Å². The molecule has 1 aromatic carbocycles. The van der Waals surface area contributed by atoms with Gasteiger partial charge in [-0.15, -0.1) is 0 Å². The number of sulfonamides is 1. The Morgan fingerprint density at radius 3 is 2.79 bits per heavy atom. The van der Waals surface area contributed by atoms with E-state index < -0.39 is 10.0 Å². The van der Waals surface area contributed by atoms with E-state index in [1.54, 1.807) is 18.2 Å². The van der Waals surface area contributed by atoms with Crippen LogP contribution in [0.3, 0.4) is 0 Å². The highest BCUT2D eigenvalue weighted by Crippen LogP contribution is 2.24. The maximum Gasteiger partial charge on any atom is 0.274 e. The van der Waals surface area contributed by atoms with Gasteiger partial charge < -0.3 is 9.84 Å². The van der Waals surface area contributed by atoms with Crippen LogP contribution in [0.4, 0.5) is 0 Å². The first-order valence-corrected chi connectivity index (χ1v) is 9.28. The summed E-state index contributed by atoms with van der Waals surface area (Å²) in [5.74, 6) is 0.433. The van der Waals surface area contributed by atoms with Crippen LogP contribution in [0.2, 0.25) is 0 Å². The van der Waals surface area contributed by atoms with E-state index in [1.165, 1.54) is 13.1 Å². The van der Waals surface area contributed by atoms with Gasteiger partial charge in [-0.2, -0.15) is 0 Å². The number of nitrogens with zero attached hydrogens (tertiary/aromatic N) is 1. The first kappa shape index (κ1) is 16.7. The molecule has 2 aromatic rings. The van der Waals surface area contributed by atoms with Crippen LogP contribution in [-0.4, -0.2) is 26.5 Å². The summed E-state index contributed by atoms with van der Waals surface area (Å²) in [5.41, 5.74) is 1.69. The maximum absolute atomic E-state index is 12.4. The van der Waals surface area contributed by atoms with E-state index in [4.69, 9.17) is 4.52 Å². The number of fused-ring (bicyclic) bond motifs is 1. The minimum atomic E-state index is -3.58. The lowest BCUT2D eigenvalue weighted by atomic mass is 9.96. The van der Waals surface area contributed by atoms with Crippen molar-refractivity contribution in [2.75, 3.05) is 7.05 Å². The number of aromatic nitrogens is 1. The molecule has 24 heavy (non-hydrogen) atoms. The Bertz CT molecular complexity index is 858. The third-order valence-electron chi connectivity index (χ3n) is 4.14. The van der Waals surface area contributed by atoms with Crippen LogP contribution in [0.1, 0.15) is 40.2 Å². The molecule has 0 spiro atoms. The molecular formula is C16H19N3O4S. The molecule has 1 aliphatic rings. The number of hydrogen-bond acceptors (Lipinski definition) is 5. The highest BCUT2D eigenvalue weighted by Gasteiger charge is 2.24. The third kappa shape index (κ3) is 3.20. The average Bonchev–Trinajstić information content (AvgIpc) is 3.04. The lowest BCUT2D eigenvalue weighted by Crippen LogP contribution is -2.27. The van der Waals surface area contributed by atoms with Gasteiger partial charge in [0, 0.05) is 18.5 Å². The summed E-state index contributed by atoms with van der Waals surface area (Å²) in [6, 6.07) is 6.55. The zero-order valence-electron chi connectivity index (χ0n) is 13.3. The largest absolute Gasteiger partial charge is 0.360 e. The summed E-state index contributed by atoms with van der Waals surface area (Å²) in [7, 11) is -2.23. The molecule has 0 radical (unpaired) electrons. The van der Waals surface area contributed by atoms with Crippen LogP contribution >= 0.6 is 0 Å². The molecule has 7 nitrogen and oxygen atoms in total. The summed E-state index contributed by atoms with van der Waals surface area (Å²) < 4.78 is 31.6. The fourth-order valence-corrected chi connectivity index (χ4v) is 3.81. The van der Waals surface area contributed by atoms with Crippen molar-refractivity contribution in [2.45, 2.75) is 37.1 Å². The molecule has 0 atom stereocenters. The molecule has 0 unspecified atom stereocenters. The second kappa shape index (κ2) is 6.74. The van der Waals surface area contributed by atoms with Gasteiger partial charge in [0.25, 0.3) is 5.91 Å². The minimum Gasteiger partial charge on any atom is -0.360 e. The molecule has 8 heteroatoms. The van der Waals surface area contributed by atoms with Gasteiger partial charge in [0.15, 0.2) is 5.69 Å². The quantitative estimate of drug-likeness (QED) is 0.849. The second-order valence-electron chi connectivity index (χ2n) is 5.64. The molecule has 128 valence electrons. The molecule has 0 saturated heterocycles. The predicted octanol–water partition coefficient (Wildman–Crippen LogP) is 1.39. The number of aryl methyl sites for hydroxylation is 1. The van der Waals surface area contributed by atoms with Gasteiger partial charge in [-0.3, -0.25) is 4.79 Å². The zero-order chi connectivity index (χ0) is 17.2. The normalized spacial score (nSPS) is 14.2. The highest BCUT2D eigenvalue weighted by molar-refractivity contribution is 7.89. The summed E-state index contributed by atoms with van der Waals surface area (Å²) >= 11 is 0. The molecular weight excluding hydrogens is 330 g/mol. The Balaban J connectivity index is 1.77. The highest BCUT2D eigenvalue weighted by atomic mass is 32.2. The van der Waals surface area contributed by atoms with E-state index in [0.29, 0.717) is 11.3 Å². The lowest BCUT2D eigenvalue weighted by molar-refractivity contribution is 0.0940. The van der Waals surface area contributed by atoms with Gasteiger partial charge in [-0.1, -0.05) is 23.4 Å². The summed E-state index contributed by atoms with van der Waals surface area (Å²) in [4.78, 5) is 12.5. The number of benzene rings is 1.